The van der Waals surface area contributed by atoms with Crippen LogP contribution >= 0.6 is 0 Å². The topological polar surface area (TPSA) is 110 Å². The molecule has 2 aromatic carbocycles. The molecule has 30 heavy (non-hydrogen) atoms. The quantitative estimate of drug-likeness (QED) is 0.556. The molecule has 0 saturated carbocycles. The van der Waals surface area contributed by atoms with Crippen LogP contribution in [0.3, 0.4) is 0 Å². The van der Waals surface area contributed by atoms with Gasteiger partial charge in [0.1, 0.15) is 5.69 Å². The lowest BCUT2D eigenvalue weighted by Gasteiger charge is -2.33. The molecule has 0 aromatic heterocycles. The van der Waals surface area contributed by atoms with Crippen LogP contribution in [-0.2, 0) is 14.6 Å². The fraction of sp³-hybridized carbons (Fsp3) is 0.381. The number of sulfone groups is 1. The van der Waals surface area contributed by atoms with Crippen molar-refractivity contribution in [2.75, 3.05) is 24.2 Å². The molecule has 2 aromatic rings. The highest BCUT2D eigenvalue weighted by atomic mass is 32.2. The van der Waals surface area contributed by atoms with E-state index in [9.17, 15) is 23.3 Å². The number of nitrogens with one attached hydrogen (secondary N) is 1. The van der Waals surface area contributed by atoms with Crippen molar-refractivity contribution < 1.29 is 18.1 Å². The summed E-state index contributed by atoms with van der Waals surface area (Å²) >= 11 is 0. The maximum absolute atomic E-state index is 12.7. The summed E-state index contributed by atoms with van der Waals surface area (Å²) in [6.07, 6.45) is 2.37. The Morgan fingerprint density at radius 2 is 1.73 bits per heavy atom. The number of amides is 1. The van der Waals surface area contributed by atoms with Gasteiger partial charge in [0.15, 0.2) is 9.84 Å². The maximum atomic E-state index is 12.7. The van der Waals surface area contributed by atoms with Gasteiger partial charge in [0.05, 0.1) is 15.9 Å². The summed E-state index contributed by atoms with van der Waals surface area (Å²) in [6, 6.07) is 12.9. The first kappa shape index (κ1) is 21.8. The normalized spacial score (nSPS) is 16.1. The molecule has 8 nitrogen and oxygen atoms in total. The van der Waals surface area contributed by atoms with Gasteiger partial charge in [-0.25, -0.2) is 8.42 Å². The number of nitrogens with zero attached hydrogens (tertiary/aromatic N) is 2. The second-order valence-corrected chi connectivity index (χ2v) is 9.59. The van der Waals surface area contributed by atoms with E-state index in [0.29, 0.717) is 31.6 Å². The molecule has 1 saturated heterocycles. The van der Waals surface area contributed by atoms with Crippen molar-refractivity contribution in [2.24, 2.45) is 5.92 Å². The number of hydrogen-bond donors (Lipinski definition) is 1. The molecule has 9 heteroatoms. The number of piperidine rings is 1. The second-order valence-electron chi connectivity index (χ2n) is 7.58. The van der Waals surface area contributed by atoms with Gasteiger partial charge in [0.25, 0.3) is 5.69 Å². The highest BCUT2D eigenvalue weighted by Gasteiger charge is 2.28. The van der Waals surface area contributed by atoms with Crippen LogP contribution in [-0.4, -0.2) is 38.6 Å². The monoisotopic (exact) mass is 431 g/mol. The van der Waals surface area contributed by atoms with Gasteiger partial charge in [-0.2, -0.15) is 0 Å². The van der Waals surface area contributed by atoms with E-state index >= 15 is 0 Å². The van der Waals surface area contributed by atoms with E-state index in [1.54, 1.807) is 42.5 Å². The van der Waals surface area contributed by atoms with Crippen LogP contribution in [0.15, 0.2) is 53.4 Å². The van der Waals surface area contributed by atoms with Gasteiger partial charge in [0.2, 0.25) is 5.91 Å². The zero-order valence-electron chi connectivity index (χ0n) is 16.9. The molecule has 0 bridgehead atoms. The van der Waals surface area contributed by atoms with Crippen LogP contribution in [0.5, 0.6) is 0 Å². The van der Waals surface area contributed by atoms with Gasteiger partial charge in [-0.05, 0) is 43.5 Å². The molecular formula is C21H25N3O5S. The third-order valence-corrected chi connectivity index (χ3v) is 6.58. The average Bonchev–Trinajstić information content (AvgIpc) is 2.73. The summed E-state index contributed by atoms with van der Waals surface area (Å²) in [5.41, 5.74) is 1.49. The second kappa shape index (κ2) is 8.83. The van der Waals surface area contributed by atoms with Gasteiger partial charge in [0, 0.05) is 31.3 Å². The van der Waals surface area contributed by atoms with E-state index < -0.39 is 9.84 Å². The average molecular weight is 432 g/mol. The molecule has 0 aliphatic carbocycles. The number of nitro benzene ring substituents is 1. The van der Waals surface area contributed by atoms with Crippen LogP contribution in [0.1, 0.15) is 31.4 Å². The first-order chi connectivity index (χ1) is 14.2. The third kappa shape index (κ3) is 4.96. The molecular weight excluding hydrogens is 406 g/mol. The SMILES string of the molecule is CC(NC(=O)C1CCN(c2ccccc2[N+](=O)[O-])CC1)c1ccc(S(C)(=O)=O)cc1. The molecule has 0 radical (unpaired) electrons. The summed E-state index contributed by atoms with van der Waals surface area (Å²) in [7, 11) is -3.26. The Bertz CT molecular complexity index is 1030. The lowest BCUT2D eigenvalue weighted by molar-refractivity contribution is -0.384. The molecule has 1 unspecified atom stereocenters. The fourth-order valence-electron chi connectivity index (χ4n) is 3.69. The molecule has 1 aliphatic rings. The smallest absolute Gasteiger partial charge is 0.292 e. The minimum Gasteiger partial charge on any atom is -0.366 e. The number of anilines is 1. The molecule has 1 N–H and O–H groups in total. The van der Waals surface area contributed by atoms with E-state index in [0.717, 1.165) is 11.8 Å². The molecule has 1 fully saturated rings. The first-order valence-electron chi connectivity index (χ1n) is 9.75. The Morgan fingerprint density at radius 1 is 1.13 bits per heavy atom. The summed E-state index contributed by atoms with van der Waals surface area (Å²) in [5.74, 6) is -0.223. The molecule has 1 aliphatic heterocycles. The van der Waals surface area contributed by atoms with Crippen molar-refractivity contribution in [2.45, 2.75) is 30.7 Å². The van der Waals surface area contributed by atoms with Crippen LogP contribution in [0.4, 0.5) is 11.4 Å². The zero-order valence-corrected chi connectivity index (χ0v) is 17.8. The fourth-order valence-corrected chi connectivity index (χ4v) is 4.32. The van der Waals surface area contributed by atoms with E-state index in [1.807, 2.05) is 11.8 Å². The maximum Gasteiger partial charge on any atom is 0.292 e. The summed E-state index contributed by atoms with van der Waals surface area (Å²) in [5, 5.41) is 14.2. The lowest BCUT2D eigenvalue weighted by Crippen LogP contribution is -2.41. The van der Waals surface area contributed by atoms with E-state index in [-0.39, 0.29) is 33.4 Å². The van der Waals surface area contributed by atoms with Crippen LogP contribution in [0, 0.1) is 16.0 Å². The van der Waals surface area contributed by atoms with Crippen molar-refractivity contribution in [3.8, 4) is 0 Å². The Labute approximate surface area is 176 Å². The third-order valence-electron chi connectivity index (χ3n) is 5.45. The minimum absolute atomic E-state index is 0.0584. The number of carbonyl (C=O) groups is 1. The minimum atomic E-state index is -3.26. The van der Waals surface area contributed by atoms with Crippen molar-refractivity contribution in [1.82, 2.24) is 5.32 Å². The van der Waals surface area contributed by atoms with Crippen molar-refractivity contribution in [3.63, 3.8) is 0 Å². The summed E-state index contributed by atoms with van der Waals surface area (Å²) < 4.78 is 23.1. The zero-order chi connectivity index (χ0) is 21.9. The summed E-state index contributed by atoms with van der Waals surface area (Å²) in [4.78, 5) is 25.8. The Hall–Kier alpha value is -2.94. The Kier molecular flexibility index (Phi) is 6.40. The van der Waals surface area contributed by atoms with E-state index in [2.05, 4.69) is 5.32 Å². The first-order valence-corrected chi connectivity index (χ1v) is 11.6. The van der Waals surface area contributed by atoms with Gasteiger partial charge in [-0.1, -0.05) is 24.3 Å². The van der Waals surface area contributed by atoms with E-state index in [1.165, 1.54) is 6.07 Å². The van der Waals surface area contributed by atoms with Crippen LogP contribution in [0.2, 0.25) is 0 Å². The van der Waals surface area contributed by atoms with Crippen LogP contribution < -0.4 is 10.2 Å². The predicted molar refractivity (Wildman–Crippen MR) is 114 cm³/mol. The Morgan fingerprint density at radius 3 is 2.30 bits per heavy atom. The molecule has 1 amide bonds. The van der Waals surface area contributed by atoms with Gasteiger partial charge in [-0.3, -0.25) is 14.9 Å². The Balaban J connectivity index is 1.58. The molecule has 1 atom stereocenters. The number of benzene rings is 2. The molecule has 160 valence electrons. The van der Waals surface area contributed by atoms with Gasteiger partial charge < -0.3 is 10.2 Å². The highest BCUT2D eigenvalue weighted by molar-refractivity contribution is 7.90. The standard InChI is InChI=1S/C21H25N3O5S/c1-15(16-7-9-18(10-8-16)30(2,28)29)22-21(25)17-11-13-23(14-12-17)19-5-3-4-6-20(19)24(26)27/h3-10,15,17H,11-14H2,1-2H3,(H,22,25). The van der Waals surface area contributed by atoms with Gasteiger partial charge in [-0.15, -0.1) is 0 Å². The number of carbonyl (C=O) groups excluding carboxylic acids is 1. The van der Waals surface area contributed by atoms with Crippen LogP contribution in [0.25, 0.3) is 0 Å². The number of nitro groups is 1. The predicted octanol–water partition coefficient (Wildman–Crippen LogP) is 3.09. The lowest BCUT2D eigenvalue weighted by atomic mass is 9.94. The van der Waals surface area contributed by atoms with Crippen molar-refractivity contribution in [1.29, 1.82) is 0 Å². The van der Waals surface area contributed by atoms with Crippen molar-refractivity contribution >= 4 is 27.1 Å². The number of para-hydroxylation sites is 2. The molecule has 1 heterocycles. The largest absolute Gasteiger partial charge is 0.366 e. The highest BCUT2D eigenvalue weighted by Crippen LogP contribution is 2.31. The number of hydrogen-bond acceptors (Lipinski definition) is 6. The summed E-state index contributed by atoms with van der Waals surface area (Å²) in [6.45, 7) is 3.00. The number of rotatable bonds is 6. The molecule has 3 rings (SSSR count). The van der Waals surface area contributed by atoms with Gasteiger partial charge >= 0.3 is 0 Å². The van der Waals surface area contributed by atoms with Crippen molar-refractivity contribution in [3.05, 3.63) is 64.2 Å². The molecule has 0 spiro atoms. The van der Waals surface area contributed by atoms with E-state index in [4.69, 9.17) is 0 Å².